The van der Waals surface area contributed by atoms with E-state index < -0.39 is 0 Å². The zero-order chi connectivity index (χ0) is 9.47. The Morgan fingerprint density at radius 3 is 2.38 bits per heavy atom. The van der Waals surface area contributed by atoms with Crippen molar-refractivity contribution in [1.82, 2.24) is 0 Å². The lowest BCUT2D eigenvalue weighted by Gasteiger charge is -2.12. The van der Waals surface area contributed by atoms with Crippen LogP contribution >= 0.6 is 12.6 Å². The largest absolute Gasteiger partial charge is 0.299 e. The molecule has 0 amide bonds. The third-order valence-electron chi connectivity index (χ3n) is 2.84. The molecule has 0 aliphatic heterocycles. The van der Waals surface area contributed by atoms with Gasteiger partial charge in [-0.1, -0.05) is 30.3 Å². The van der Waals surface area contributed by atoms with E-state index in [9.17, 15) is 4.79 Å². The molecule has 0 aromatic heterocycles. The highest BCUT2D eigenvalue weighted by Crippen LogP contribution is 2.52. The van der Waals surface area contributed by atoms with Gasteiger partial charge < -0.3 is 0 Å². The topological polar surface area (TPSA) is 17.1 Å². The third kappa shape index (κ3) is 1.20. The maximum absolute atomic E-state index is 11.5. The fourth-order valence-electron chi connectivity index (χ4n) is 1.87. The van der Waals surface area contributed by atoms with Crippen LogP contribution in [0.25, 0.3) is 0 Å². The molecule has 2 heteroatoms. The molecule has 0 bridgehead atoms. The summed E-state index contributed by atoms with van der Waals surface area (Å²) in [6.07, 6.45) is 0.884. The molecule has 13 heavy (non-hydrogen) atoms. The normalized spacial score (nSPS) is 31.4. The van der Waals surface area contributed by atoms with E-state index in [2.05, 4.69) is 12.6 Å². The Bertz CT molecular complexity index is 333. The fraction of sp³-hybridized carbons (Fsp3) is 0.364. The maximum atomic E-state index is 11.5. The quantitative estimate of drug-likeness (QED) is 0.711. The molecule has 2 rings (SSSR count). The highest BCUT2D eigenvalue weighted by atomic mass is 32.1. The maximum Gasteiger partial charge on any atom is 0.141 e. The van der Waals surface area contributed by atoms with Gasteiger partial charge in [0.2, 0.25) is 0 Å². The molecule has 68 valence electrons. The van der Waals surface area contributed by atoms with Crippen LogP contribution in [0.15, 0.2) is 30.3 Å². The zero-order valence-electron chi connectivity index (χ0n) is 7.53. The molecule has 0 spiro atoms. The first-order valence-electron chi connectivity index (χ1n) is 4.42. The van der Waals surface area contributed by atoms with Crippen molar-refractivity contribution in [2.75, 3.05) is 0 Å². The van der Waals surface area contributed by atoms with Gasteiger partial charge in [0.25, 0.3) is 0 Å². The summed E-state index contributed by atoms with van der Waals surface area (Å²) in [6.45, 7) is 1.66. The van der Waals surface area contributed by atoms with Crippen molar-refractivity contribution >= 4 is 18.4 Å². The standard InChI is InChI=1S/C11H12OS/c1-8(12)11(7-10(11)13)9-5-3-2-4-6-9/h2-6,10,13H,7H2,1H3. The lowest BCUT2D eigenvalue weighted by molar-refractivity contribution is -0.119. The van der Waals surface area contributed by atoms with Crippen LogP contribution in [0, 0.1) is 0 Å². The Morgan fingerprint density at radius 2 is 2.00 bits per heavy atom. The van der Waals surface area contributed by atoms with Gasteiger partial charge in [-0.05, 0) is 18.9 Å². The number of carbonyl (C=O) groups is 1. The second-order valence-electron chi connectivity index (χ2n) is 3.61. The number of hydrogen-bond acceptors (Lipinski definition) is 2. The summed E-state index contributed by atoms with van der Waals surface area (Å²) in [4.78, 5) is 11.5. The summed E-state index contributed by atoms with van der Waals surface area (Å²) in [6, 6.07) is 9.93. The van der Waals surface area contributed by atoms with Crippen LogP contribution in [0.4, 0.5) is 0 Å². The third-order valence-corrected chi connectivity index (χ3v) is 3.46. The van der Waals surface area contributed by atoms with Gasteiger partial charge in [0.1, 0.15) is 5.78 Å². The number of Topliss-reactive ketones (excluding diaryl/α,β-unsaturated/α-hetero) is 1. The van der Waals surface area contributed by atoms with Crippen LogP contribution in [-0.4, -0.2) is 11.0 Å². The van der Waals surface area contributed by atoms with Gasteiger partial charge in [0.05, 0.1) is 5.41 Å². The number of rotatable bonds is 2. The Balaban J connectivity index is 2.40. The van der Waals surface area contributed by atoms with E-state index in [4.69, 9.17) is 0 Å². The molecule has 0 saturated heterocycles. The molecule has 1 aliphatic rings. The fourth-order valence-corrected chi connectivity index (χ4v) is 2.49. The number of thiol groups is 1. The number of carbonyl (C=O) groups excluding carboxylic acids is 1. The second kappa shape index (κ2) is 2.88. The smallest absolute Gasteiger partial charge is 0.141 e. The molecule has 1 aromatic carbocycles. The van der Waals surface area contributed by atoms with Crippen LogP contribution in [0.5, 0.6) is 0 Å². The summed E-state index contributed by atoms with van der Waals surface area (Å²) in [5, 5.41) is 0.215. The van der Waals surface area contributed by atoms with Gasteiger partial charge >= 0.3 is 0 Å². The minimum absolute atomic E-state index is 0.215. The molecule has 1 aliphatic carbocycles. The van der Waals surface area contributed by atoms with Gasteiger partial charge in [0.15, 0.2) is 0 Å². The molecule has 2 atom stereocenters. The van der Waals surface area contributed by atoms with Crippen molar-refractivity contribution < 1.29 is 4.79 Å². The van der Waals surface area contributed by atoms with Crippen molar-refractivity contribution in [3.05, 3.63) is 35.9 Å². The Morgan fingerprint density at radius 1 is 1.46 bits per heavy atom. The first-order chi connectivity index (χ1) is 6.18. The van der Waals surface area contributed by atoms with Gasteiger partial charge in [-0.2, -0.15) is 12.6 Å². The summed E-state index contributed by atoms with van der Waals surface area (Å²) in [5.41, 5.74) is 0.840. The van der Waals surface area contributed by atoms with Crippen LogP contribution in [0.1, 0.15) is 18.9 Å². The molecular formula is C11H12OS. The summed E-state index contributed by atoms with van der Waals surface area (Å²) in [7, 11) is 0. The minimum Gasteiger partial charge on any atom is -0.299 e. The lowest BCUT2D eigenvalue weighted by atomic mass is 9.92. The Kier molecular flexibility index (Phi) is 1.95. The van der Waals surface area contributed by atoms with E-state index in [0.717, 1.165) is 12.0 Å². The first kappa shape index (κ1) is 8.82. The zero-order valence-corrected chi connectivity index (χ0v) is 8.42. The van der Waals surface area contributed by atoms with E-state index in [1.165, 1.54) is 0 Å². The molecule has 1 aromatic rings. The summed E-state index contributed by atoms with van der Waals surface area (Å²) >= 11 is 4.39. The highest BCUT2D eigenvalue weighted by Gasteiger charge is 2.57. The Hall–Kier alpha value is -0.760. The second-order valence-corrected chi connectivity index (χ2v) is 4.24. The minimum atomic E-state index is -0.273. The van der Waals surface area contributed by atoms with E-state index >= 15 is 0 Å². The average Bonchev–Trinajstić information content (AvgIpc) is 2.80. The predicted octanol–water partition coefficient (Wildman–Crippen LogP) is 2.22. The molecule has 0 heterocycles. The van der Waals surface area contributed by atoms with Crippen LogP contribution < -0.4 is 0 Å². The van der Waals surface area contributed by atoms with E-state index in [1.54, 1.807) is 6.92 Å². The SMILES string of the molecule is CC(=O)C1(c2ccccc2)CC1S. The molecule has 0 radical (unpaired) electrons. The van der Waals surface area contributed by atoms with Gasteiger partial charge in [-0.3, -0.25) is 4.79 Å². The van der Waals surface area contributed by atoms with Crippen molar-refractivity contribution in [3.8, 4) is 0 Å². The van der Waals surface area contributed by atoms with Crippen LogP contribution in [-0.2, 0) is 10.2 Å². The molecule has 1 nitrogen and oxygen atoms in total. The number of benzene rings is 1. The Labute approximate surface area is 83.6 Å². The number of ketones is 1. The molecular weight excluding hydrogens is 180 g/mol. The van der Waals surface area contributed by atoms with Gasteiger partial charge in [-0.15, -0.1) is 0 Å². The average molecular weight is 192 g/mol. The monoisotopic (exact) mass is 192 g/mol. The van der Waals surface area contributed by atoms with Crippen molar-refractivity contribution in [3.63, 3.8) is 0 Å². The van der Waals surface area contributed by atoms with Crippen molar-refractivity contribution in [1.29, 1.82) is 0 Å². The van der Waals surface area contributed by atoms with Gasteiger partial charge in [0, 0.05) is 5.25 Å². The van der Waals surface area contributed by atoms with Gasteiger partial charge in [-0.25, -0.2) is 0 Å². The number of hydrogen-bond donors (Lipinski definition) is 1. The van der Waals surface area contributed by atoms with Crippen molar-refractivity contribution in [2.45, 2.75) is 24.0 Å². The van der Waals surface area contributed by atoms with Crippen LogP contribution in [0.2, 0.25) is 0 Å². The summed E-state index contributed by atoms with van der Waals surface area (Å²) in [5.74, 6) is 0.235. The first-order valence-corrected chi connectivity index (χ1v) is 4.94. The lowest BCUT2D eigenvalue weighted by Crippen LogP contribution is -2.20. The molecule has 2 unspecified atom stereocenters. The summed E-state index contributed by atoms with van der Waals surface area (Å²) < 4.78 is 0. The molecule has 0 N–H and O–H groups in total. The highest BCUT2D eigenvalue weighted by molar-refractivity contribution is 7.81. The molecule has 1 fully saturated rings. The van der Waals surface area contributed by atoms with E-state index in [0.29, 0.717) is 0 Å². The van der Waals surface area contributed by atoms with E-state index in [1.807, 2.05) is 30.3 Å². The van der Waals surface area contributed by atoms with Crippen molar-refractivity contribution in [2.24, 2.45) is 0 Å². The van der Waals surface area contributed by atoms with E-state index in [-0.39, 0.29) is 16.4 Å². The predicted molar refractivity (Wildman–Crippen MR) is 56.2 cm³/mol. The van der Waals surface area contributed by atoms with Crippen LogP contribution in [0.3, 0.4) is 0 Å². The molecule has 1 saturated carbocycles.